The molecule has 19 atom stereocenters. The lowest BCUT2D eigenvalue weighted by Crippen LogP contribution is -2.64. The maximum Gasteiger partial charge on any atom is 0.311 e. The van der Waals surface area contributed by atoms with E-state index in [0.29, 0.717) is 0 Å². The molecule has 4 heterocycles. The average molecular weight is 841 g/mol. The third-order valence-corrected chi connectivity index (χ3v) is 14.7. The van der Waals surface area contributed by atoms with Crippen LogP contribution in [-0.2, 0) is 52.3 Å². The van der Waals surface area contributed by atoms with Crippen molar-refractivity contribution in [1.82, 2.24) is 9.80 Å². The van der Waals surface area contributed by atoms with Gasteiger partial charge in [-0.25, -0.2) is 0 Å². The molecule has 59 heavy (non-hydrogen) atoms. The second-order valence-electron chi connectivity index (χ2n) is 19.3. The monoisotopic (exact) mass is 841 g/mol. The van der Waals surface area contributed by atoms with Gasteiger partial charge in [0, 0.05) is 57.3 Å². The number of hydrogen-bond acceptors (Lipinski definition) is 15. The Hall–Kier alpha value is -1.79. The molecule has 0 bridgehead atoms. The van der Waals surface area contributed by atoms with E-state index >= 15 is 0 Å². The van der Waals surface area contributed by atoms with Crippen LogP contribution in [0.5, 0.6) is 0 Å². The number of nitrogens with zero attached hydrogens (tertiary/aromatic N) is 2. The molecule has 2 N–H and O–H groups in total. The molecule has 0 spiro atoms. The van der Waals surface area contributed by atoms with Crippen molar-refractivity contribution in [3.05, 3.63) is 0 Å². The van der Waals surface area contributed by atoms with E-state index in [9.17, 15) is 24.6 Å². The van der Waals surface area contributed by atoms with Crippen molar-refractivity contribution in [3.8, 4) is 0 Å². The summed E-state index contributed by atoms with van der Waals surface area (Å²) in [7, 11) is 7.21. The summed E-state index contributed by atoms with van der Waals surface area (Å²) in [4.78, 5) is 45.4. The lowest BCUT2D eigenvalue weighted by molar-refractivity contribution is -0.315. The van der Waals surface area contributed by atoms with Crippen LogP contribution in [0.3, 0.4) is 0 Å². The number of carbonyl (C=O) groups excluding carboxylic acids is 3. The van der Waals surface area contributed by atoms with Gasteiger partial charge in [0.1, 0.15) is 23.1 Å². The van der Waals surface area contributed by atoms with E-state index in [-0.39, 0.29) is 36.8 Å². The summed E-state index contributed by atoms with van der Waals surface area (Å²) in [6.07, 6.45) is -2.82. The van der Waals surface area contributed by atoms with Crippen LogP contribution in [-0.4, -0.2) is 163 Å². The number of piperidine rings is 1. The maximum atomic E-state index is 14.4. The Morgan fingerprint density at radius 3 is 2.05 bits per heavy atom. The van der Waals surface area contributed by atoms with Crippen LogP contribution >= 0.6 is 0 Å². The third-order valence-electron chi connectivity index (χ3n) is 14.7. The molecule has 0 amide bonds. The molecule has 15 heteroatoms. The molecule has 15 nitrogen and oxygen atoms in total. The van der Waals surface area contributed by atoms with E-state index in [4.69, 9.17) is 37.9 Å². The summed E-state index contributed by atoms with van der Waals surface area (Å²) in [5.41, 5.74) is -3.98. The highest BCUT2D eigenvalue weighted by atomic mass is 16.7. The summed E-state index contributed by atoms with van der Waals surface area (Å²) in [6.45, 7) is 19.7. The molecular weight excluding hydrogens is 764 g/mol. The molecule has 0 aromatic heterocycles. The molecule has 1 unspecified atom stereocenters. The quantitative estimate of drug-likeness (QED) is 0.322. The van der Waals surface area contributed by atoms with E-state index in [1.807, 2.05) is 41.8 Å². The Bertz CT molecular complexity index is 1460. The molecule has 4 saturated heterocycles. The van der Waals surface area contributed by atoms with Gasteiger partial charge in [0.25, 0.3) is 0 Å². The summed E-state index contributed by atoms with van der Waals surface area (Å²) < 4.78 is 51.6. The minimum Gasteiger partial charge on any atom is -0.458 e. The molecule has 0 radical (unpaired) electrons. The van der Waals surface area contributed by atoms with Gasteiger partial charge in [-0.1, -0.05) is 34.1 Å². The number of Topliss-reactive ketones (excluding diaryl/α,β-unsaturated/α-hetero) is 1. The minimum atomic E-state index is -1.80. The zero-order valence-corrected chi connectivity index (χ0v) is 38.2. The largest absolute Gasteiger partial charge is 0.458 e. The number of aliphatic hydroxyl groups excluding tert-OH is 1. The number of ether oxygens (including phenoxy) is 8. The molecule has 5 aliphatic rings. The van der Waals surface area contributed by atoms with Gasteiger partial charge < -0.3 is 53.0 Å². The summed E-state index contributed by atoms with van der Waals surface area (Å²) >= 11 is 0. The number of likely N-dealkylation sites (tertiary alicyclic amines) is 1. The summed E-state index contributed by atoms with van der Waals surface area (Å²) in [6, 6.07) is -0.0161. The first-order chi connectivity index (χ1) is 27.5. The van der Waals surface area contributed by atoms with Gasteiger partial charge in [0.2, 0.25) is 0 Å². The number of carbonyl (C=O) groups is 3. The first kappa shape index (κ1) is 48.2. The van der Waals surface area contributed by atoms with Crippen molar-refractivity contribution in [1.29, 1.82) is 0 Å². The highest BCUT2D eigenvalue weighted by molar-refractivity contribution is 5.84. The van der Waals surface area contributed by atoms with Crippen LogP contribution in [0, 0.1) is 29.6 Å². The first-order valence-electron chi connectivity index (χ1n) is 22.0. The van der Waals surface area contributed by atoms with E-state index in [1.165, 1.54) is 13.3 Å². The van der Waals surface area contributed by atoms with Crippen molar-refractivity contribution in [2.75, 3.05) is 41.4 Å². The van der Waals surface area contributed by atoms with Crippen LogP contribution < -0.4 is 0 Å². The highest BCUT2D eigenvalue weighted by Crippen LogP contribution is 2.52. The number of rotatable bonds is 9. The van der Waals surface area contributed by atoms with Crippen LogP contribution in [0.2, 0.25) is 0 Å². The van der Waals surface area contributed by atoms with Gasteiger partial charge >= 0.3 is 11.9 Å². The molecule has 5 fully saturated rings. The van der Waals surface area contributed by atoms with E-state index < -0.39 is 108 Å². The van der Waals surface area contributed by atoms with Crippen molar-refractivity contribution in [2.24, 2.45) is 29.6 Å². The first-order valence-corrected chi connectivity index (χ1v) is 22.0. The molecule has 0 aromatic carbocycles. The number of methoxy groups -OCH3 is 2. The maximum absolute atomic E-state index is 14.4. The Balaban J connectivity index is 1.60. The Kier molecular flexibility index (Phi) is 15.5. The third kappa shape index (κ3) is 9.74. The van der Waals surface area contributed by atoms with Gasteiger partial charge in [0.15, 0.2) is 18.7 Å². The van der Waals surface area contributed by atoms with Crippen molar-refractivity contribution in [3.63, 3.8) is 0 Å². The topological polar surface area (TPSA) is 172 Å². The van der Waals surface area contributed by atoms with Gasteiger partial charge in [-0.3, -0.25) is 19.3 Å². The van der Waals surface area contributed by atoms with E-state index in [2.05, 4.69) is 16.7 Å². The van der Waals surface area contributed by atoms with Gasteiger partial charge in [-0.2, -0.15) is 0 Å². The molecule has 1 saturated carbocycles. The average Bonchev–Trinajstić information content (AvgIpc) is 3.72. The van der Waals surface area contributed by atoms with Crippen LogP contribution in [0.1, 0.15) is 108 Å². The fourth-order valence-corrected chi connectivity index (χ4v) is 10.9. The van der Waals surface area contributed by atoms with E-state index in [1.54, 1.807) is 41.9 Å². The summed E-state index contributed by atoms with van der Waals surface area (Å²) in [5.74, 6) is -5.19. The van der Waals surface area contributed by atoms with Crippen molar-refractivity contribution >= 4 is 17.7 Å². The zero-order valence-electron chi connectivity index (χ0n) is 38.2. The second-order valence-corrected chi connectivity index (χ2v) is 19.3. The van der Waals surface area contributed by atoms with E-state index in [0.717, 1.165) is 32.4 Å². The number of esters is 2. The zero-order chi connectivity index (χ0) is 43.9. The molecule has 1 aliphatic carbocycles. The van der Waals surface area contributed by atoms with Gasteiger partial charge in [-0.05, 0) is 87.5 Å². The molecule has 0 aromatic rings. The fourth-order valence-electron chi connectivity index (χ4n) is 10.9. The van der Waals surface area contributed by atoms with Crippen LogP contribution in [0.25, 0.3) is 0 Å². The highest BCUT2D eigenvalue weighted by Gasteiger charge is 2.70. The number of fused-ring (bicyclic) bond motifs is 1. The van der Waals surface area contributed by atoms with Gasteiger partial charge in [-0.15, -0.1) is 0 Å². The smallest absolute Gasteiger partial charge is 0.311 e. The predicted molar refractivity (Wildman–Crippen MR) is 217 cm³/mol. The molecule has 5 rings (SSSR count). The van der Waals surface area contributed by atoms with Crippen LogP contribution in [0.4, 0.5) is 0 Å². The molecule has 340 valence electrons. The SMILES string of the molecule is CO[C@]1(C)C[C@H](O[C@H]2[C@H](C)[C@@H](O[C@@H]3O[C@H](C)C[C@@H](N4CCCCC4)[C@@H]3N(C)C)[C@@](C)(OC)C[C@@H](C)C(=O)[C@H](C)[C@@H](O)[C@@]3(O)C(C)[C@H]3OC(=O)[C@@H]2C)O[C@@H](C)[C@@H]1OC(C)=O. The fraction of sp³-hybridized carbons (Fsp3) is 0.932. The Labute approximate surface area is 352 Å². The minimum absolute atomic E-state index is 0.122. The number of hydrogen-bond donors (Lipinski definition) is 2. The second kappa shape index (κ2) is 18.9. The summed E-state index contributed by atoms with van der Waals surface area (Å²) in [5, 5.41) is 23.2. The van der Waals surface area contributed by atoms with Crippen molar-refractivity contribution < 1.29 is 62.5 Å². The lowest BCUT2D eigenvalue weighted by atomic mass is 9.75. The lowest BCUT2D eigenvalue weighted by Gasteiger charge is -2.52. The normalized spacial score (nSPS) is 48.2. The standard InChI is InChI=1S/C44H76N2O13/c1-23-21-42(9,52-13)37(59-41-33(45(11)12)31(20-24(2)54-41)46-18-16-15-17-19-46)26(4)35(57-32-22-43(10,53-14)39(29(7)55-32)56-30(8)47)27(5)40(50)58-38-28(6)44(38,51)36(49)25(3)34(23)48/h23-29,31-33,35-39,41,49,51H,15-22H2,1-14H3/t23-,24-,25+,26+,27-,28?,29+,31-,32+,33+,35+,36-,37-,38-,39+,41+,42+,43-,44+/m1/s1. The Morgan fingerprint density at radius 1 is 0.864 bits per heavy atom. The molecule has 4 aliphatic heterocycles. The number of aliphatic hydroxyl groups is 2. The Morgan fingerprint density at radius 2 is 1.47 bits per heavy atom. The van der Waals surface area contributed by atoms with Gasteiger partial charge in [0.05, 0.1) is 48.1 Å². The number of likely N-dealkylation sites (N-methyl/N-ethyl adjacent to an activating group) is 1. The number of ketones is 1. The predicted octanol–water partition coefficient (Wildman–Crippen LogP) is 3.72. The van der Waals surface area contributed by atoms with Crippen molar-refractivity contribution in [2.45, 2.75) is 192 Å². The van der Waals surface area contributed by atoms with Crippen LogP contribution in [0.15, 0.2) is 0 Å². The molecular formula is C44H76N2O13.